The molecule has 0 radical (unpaired) electrons. The van der Waals surface area contributed by atoms with Gasteiger partial charge in [0.1, 0.15) is 0 Å². The molecule has 2 aromatic rings. The molecular formula is C15H21N3. The monoisotopic (exact) mass is 243 g/mol. The number of aromatic nitrogens is 2. The van der Waals surface area contributed by atoms with Gasteiger partial charge < -0.3 is 5.73 Å². The van der Waals surface area contributed by atoms with Crippen molar-refractivity contribution in [2.45, 2.75) is 39.7 Å². The Balaban J connectivity index is 2.16. The summed E-state index contributed by atoms with van der Waals surface area (Å²) in [6.07, 6.45) is 7.72. The third-order valence-electron chi connectivity index (χ3n) is 3.31. The van der Waals surface area contributed by atoms with E-state index in [0.717, 1.165) is 23.4 Å². The number of hydrogen-bond donors (Lipinski definition) is 1. The van der Waals surface area contributed by atoms with Gasteiger partial charge >= 0.3 is 0 Å². The zero-order valence-electron chi connectivity index (χ0n) is 11.2. The lowest BCUT2D eigenvalue weighted by molar-refractivity contribution is 0.553. The Morgan fingerprint density at radius 3 is 2.89 bits per heavy atom. The van der Waals surface area contributed by atoms with Gasteiger partial charge in [0.25, 0.3) is 0 Å². The first-order chi connectivity index (χ1) is 8.72. The lowest BCUT2D eigenvalue weighted by Crippen LogP contribution is -1.97. The second-order valence-electron chi connectivity index (χ2n) is 4.72. The highest BCUT2D eigenvalue weighted by molar-refractivity contribution is 5.71. The molecule has 1 heterocycles. The number of nitrogen functional groups attached to an aromatic ring is 1. The van der Waals surface area contributed by atoms with Gasteiger partial charge in [0.05, 0.1) is 6.20 Å². The second-order valence-corrected chi connectivity index (χ2v) is 4.72. The van der Waals surface area contributed by atoms with Gasteiger partial charge in [-0.2, -0.15) is 5.10 Å². The van der Waals surface area contributed by atoms with E-state index in [-0.39, 0.29) is 0 Å². The molecule has 0 bridgehead atoms. The van der Waals surface area contributed by atoms with Crippen LogP contribution >= 0.6 is 0 Å². The Morgan fingerprint density at radius 1 is 1.28 bits per heavy atom. The summed E-state index contributed by atoms with van der Waals surface area (Å²) in [7, 11) is 0. The molecule has 0 amide bonds. The van der Waals surface area contributed by atoms with Crippen LogP contribution in [0, 0.1) is 6.92 Å². The Labute approximate surface area is 109 Å². The average Bonchev–Trinajstić information content (AvgIpc) is 2.82. The van der Waals surface area contributed by atoms with Gasteiger partial charge in [0.15, 0.2) is 0 Å². The molecular weight excluding hydrogens is 222 g/mol. The van der Waals surface area contributed by atoms with Crippen LogP contribution in [0.15, 0.2) is 30.6 Å². The Kier molecular flexibility index (Phi) is 4.03. The van der Waals surface area contributed by atoms with Crippen molar-refractivity contribution in [3.05, 3.63) is 36.2 Å². The van der Waals surface area contributed by atoms with Crippen LogP contribution in [0.5, 0.6) is 0 Å². The minimum atomic E-state index is 0.839. The fraction of sp³-hybridized carbons (Fsp3) is 0.400. The molecule has 3 nitrogen and oxygen atoms in total. The molecule has 0 saturated heterocycles. The molecule has 0 unspecified atom stereocenters. The van der Waals surface area contributed by atoms with E-state index < -0.39 is 0 Å². The van der Waals surface area contributed by atoms with Crippen LogP contribution in [0.4, 0.5) is 5.69 Å². The molecule has 0 aliphatic heterocycles. The van der Waals surface area contributed by atoms with Crippen molar-refractivity contribution in [1.29, 1.82) is 0 Å². The molecule has 1 aromatic heterocycles. The molecule has 0 saturated carbocycles. The van der Waals surface area contributed by atoms with Crippen molar-refractivity contribution in [2.24, 2.45) is 0 Å². The number of nitrogens with zero attached hydrogens (tertiary/aromatic N) is 2. The van der Waals surface area contributed by atoms with Crippen LogP contribution < -0.4 is 5.73 Å². The van der Waals surface area contributed by atoms with Gasteiger partial charge in [-0.05, 0) is 30.5 Å². The molecule has 0 spiro atoms. The van der Waals surface area contributed by atoms with Crippen LogP contribution in [-0.2, 0) is 6.54 Å². The van der Waals surface area contributed by atoms with Crippen molar-refractivity contribution in [3.8, 4) is 11.1 Å². The van der Waals surface area contributed by atoms with Gasteiger partial charge in [-0.3, -0.25) is 4.68 Å². The summed E-state index contributed by atoms with van der Waals surface area (Å²) in [4.78, 5) is 0. The fourth-order valence-corrected chi connectivity index (χ4v) is 2.11. The summed E-state index contributed by atoms with van der Waals surface area (Å²) in [5, 5.41) is 4.41. The number of aryl methyl sites for hydroxylation is 1. The minimum Gasteiger partial charge on any atom is -0.398 e. The first-order valence-corrected chi connectivity index (χ1v) is 6.60. The smallest absolute Gasteiger partial charge is 0.0568 e. The van der Waals surface area contributed by atoms with E-state index in [2.05, 4.69) is 31.2 Å². The fourth-order valence-electron chi connectivity index (χ4n) is 2.11. The highest BCUT2D eigenvalue weighted by atomic mass is 15.3. The maximum atomic E-state index is 5.94. The Bertz CT molecular complexity index is 514. The summed E-state index contributed by atoms with van der Waals surface area (Å²) in [6, 6.07) is 6.02. The summed E-state index contributed by atoms with van der Waals surface area (Å²) >= 11 is 0. The predicted molar refractivity (Wildman–Crippen MR) is 76.3 cm³/mol. The van der Waals surface area contributed by atoms with Crippen LogP contribution in [-0.4, -0.2) is 9.78 Å². The zero-order valence-corrected chi connectivity index (χ0v) is 11.2. The van der Waals surface area contributed by atoms with Crippen LogP contribution in [0.1, 0.15) is 31.7 Å². The van der Waals surface area contributed by atoms with E-state index in [1.807, 2.05) is 23.0 Å². The van der Waals surface area contributed by atoms with E-state index in [1.165, 1.54) is 24.8 Å². The van der Waals surface area contributed by atoms with Gasteiger partial charge in [0, 0.05) is 24.0 Å². The van der Waals surface area contributed by atoms with Crippen molar-refractivity contribution in [1.82, 2.24) is 9.78 Å². The van der Waals surface area contributed by atoms with Crippen LogP contribution in [0.2, 0.25) is 0 Å². The van der Waals surface area contributed by atoms with Crippen LogP contribution in [0.3, 0.4) is 0 Å². The number of nitrogens with two attached hydrogens (primary N) is 1. The molecule has 2 rings (SSSR count). The molecule has 0 aliphatic rings. The third-order valence-corrected chi connectivity index (χ3v) is 3.31. The molecule has 2 N–H and O–H groups in total. The van der Waals surface area contributed by atoms with E-state index >= 15 is 0 Å². The summed E-state index contributed by atoms with van der Waals surface area (Å²) < 4.78 is 2.02. The molecule has 18 heavy (non-hydrogen) atoms. The lowest BCUT2D eigenvalue weighted by Gasteiger charge is -2.05. The van der Waals surface area contributed by atoms with Crippen LogP contribution in [0.25, 0.3) is 11.1 Å². The molecule has 0 fully saturated rings. The molecule has 1 aromatic carbocycles. The number of anilines is 1. The third kappa shape index (κ3) is 2.73. The SMILES string of the molecule is CCCCCn1cc(-c2cccc(N)c2C)cn1. The molecule has 0 atom stereocenters. The normalized spacial score (nSPS) is 10.8. The van der Waals surface area contributed by atoms with Crippen molar-refractivity contribution < 1.29 is 0 Å². The first-order valence-electron chi connectivity index (χ1n) is 6.60. The Hall–Kier alpha value is -1.77. The van der Waals surface area contributed by atoms with Gasteiger partial charge in [-0.1, -0.05) is 31.9 Å². The topological polar surface area (TPSA) is 43.8 Å². The van der Waals surface area contributed by atoms with E-state index in [1.54, 1.807) is 0 Å². The predicted octanol–water partition coefficient (Wildman–Crippen LogP) is 3.63. The maximum Gasteiger partial charge on any atom is 0.0568 e. The standard InChI is InChI=1S/C15H21N3/c1-3-4-5-9-18-11-13(10-17-18)14-7-6-8-15(16)12(14)2/h6-8,10-11H,3-5,9,16H2,1-2H3. The lowest BCUT2D eigenvalue weighted by atomic mass is 10.0. The molecule has 0 aliphatic carbocycles. The number of benzene rings is 1. The van der Waals surface area contributed by atoms with Crippen molar-refractivity contribution in [3.63, 3.8) is 0 Å². The van der Waals surface area contributed by atoms with Gasteiger partial charge in [0.2, 0.25) is 0 Å². The summed E-state index contributed by atoms with van der Waals surface area (Å²) in [5.41, 5.74) is 10.2. The first kappa shape index (κ1) is 12.7. The molecule has 3 heteroatoms. The zero-order chi connectivity index (χ0) is 13.0. The average molecular weight is 243 g/mol. The molecule has 96 valence electrons. The van der Waals surface area contributed by atoms with Crippen molar-refractivity contribution >= 4 is 5.69 Å². The number of rotatable bonds is 5. The van der Waals surface area contributed by atoms with Gasteiger partial charge in [-0.15, -0.1) is 0 Å². The summed E-state index contributed by atoms with van der Waals surface area (Å²) in [6.45, 7) is 5.26. The van der Waals surface area contributed by atoms with Gasteiger partial charge in [-0.25, -0.2) is 0 Å². The largest absolute Gasteiger partial charge is 0.398 e. The minimum absolute atomic E-state index is 0.839. The highest BCUT2D eigenvalue weighted by Crippen LogP contribution is 2.26. The second kappa shape index (κ2) is 5.71. The summed E-state index contributed by atoms with van der Waals surface area (Å²) in [5.74, 6) is 0. The Morgan fingerprint density at radius 2 is 2.11 bits per heavy atom. The van der Waals surface area contributed by atoms with E-state index in [9.17, 15) is 0 Å². The van der Waals surface area contributed by atoms with Crippen molar-refractivity contribution in [2.75, 3.05) is 5.73 Å². The highest BCUT2D eigenvalue weighted by Gasteiger charge is 2.06. The van der Waals surface area contributed by atoms with E-state index in [0.29, 0.717) is 0 Å². The number of hydrogen-bond acceptors (Lipinski definition) is 2. The van der Waals surface area contributed by atoms with E-state index in [4.69, 9.17) is 5.73 Å². The number of unbranched alkanes of at least 4 members (excludes halogenated alkanes) is 2. The quantitative estimate of drug-likeness (QED) is 0.643. The maximum absolute atomic E-state index is 5.94.